The Bertz CT molecular complexity index is 959. The van der Waals surface area contributed by atoms with Crippen LogP contribution in [0, 0.1) is 0 Å². The molecule has 0 aromatic carbocycles. The number of esters is 1. The van der Waals surface area contributed by atoms with Crippen molar-refractivity contribution in [2.24, 2.45) is 0 Å². The smallest absolute Gasteiger partial charge is 0.355 e. The number of thiophene rings is 2. The summed E-state index contributed by atoms with van der Waals surface area (Å²) in [5.74, 6) is -0.631. The van der Waals surface area contributed by atoms with Gasteiger partial charge in [-0.15, -0.1) is 11.3 Å². The van der Waals surface area contributed by atoms with Gasteiger partial charge < -0.3 is 10.1 Å². The number of hydrogen-bond acceptors (Lipinski definition) is 9. The predicted octanol–water partition coefficient (Wildman–Crippen LogP) is 2.12. The minimum absolute atomic E-state index is 0.0550. The number of nitrogens with one attached hydrogen (secondary N) is 1. The zero-order chi connectivity index (χ0) is 17.4. The number of carbonyl (C=O) groups excluding carboxylic acids is 2. The highest BCUT2D eigenvalue weighted by molar-refractivity contribution is 7.12. The third kappa shape index (κ3) is 2.55. The number of fused-ring (bicyclic) bond motifs is 1. The average Bonchev–Trinajstić information content (AvgIpc) is 3.40. The summed E-state index contributed by atoms with van der Waals surface area (Å²) in [4.78, 5) is 26.0. The molecule has 1 N–H and O–H groups in total. The van der Waals surface area contributed by atoms with Crippen LogP contribution in [-0.2, 0) is 9.53 Å². The van der Waals surface area contributed by atoms with Crippen molar-refractivity contribution < 1.29 is 14.3 Å². The number of Topliss-reactive ketones (excluding diaryl/α,β-unsaturated/α-hetero) is 1. The van der Waals surface area contributed by atoms with Gasteiger partial charge in [-0.05, 0) is 44.3 Å². The first-order valence-electron chi connectivity index (χ1n) is 7.18. The molecule has 0 bridgehead atoms. The van der Waals surface area contributed by atoms with Crippen LogP contribution in [0.5, 0.6) is 0 Å². The summed E-state index contributed by atoms with van der Waals surface area (Å²) in [5, 5.41) is 20.0. The minimum atomic E-state index is -0.644. The van der Waals surface area contributed by atoms with Gasteiger partial charge in [0.1, 0.15) is 11.7 Å². The normalized spacial score (nSPS) is 16.3. The van der Waals surface area contributed by atoms with Crippen molar-refractivity contribution in [3.8, 4) is 0 Å². The Morgan fingerprint density at radius 1 is 1.32 bits per heavy atom. The Hall–Kier alpha value is -2.85. The molecule has 0 aliphatic carbocycles. The van der Waals surface area contributed by atoms with Gasteiger partial charge in [-0.2, -0.15) is 16.0 Å². The molecule has 25 heavy (non-hydrogen) atoms. The molecule has 0 saturated heterocycles. The van der Waals surface area contributed by atoms with Crippen LogP contribution >= 0.6 is 22.7 Å². The molecule has 0 spiro atoms. The summed E-state index contributed by atoms with van der Waals surface area (Å²) < 4.78 is 6.36. The molecule has 4 heterocycles. The largest absolute Gasteiger partial charge is 0.464 e. The average molecular weight is 373 g/mol. The first-order valence-corrected chi connectivity index (χ1v) is 9.00. The Labute approximate surface area is 149 Å². The summed E-state index contributed by atoms with van der Waals surface area (Å²) >= 11 is 2.79. The molecule has 3 aromatic rings. The molecule has 1 atom stereocenters. The fraction of sp³-hybridized carbons (Fsp3) is 0.133. The SMILES string of the molecule is COC(=O)C1=C(C(=O)c2cccs2)C(c2ccsc2)n2nnnc2N1. The number of nitrogens with zero attached hydrogens (tertiary/aromatic N) is 4. The second-order valence-corrected chi connectivity index (χ2v) is 6.85. The molecule has 1 aliphatic heterocycles. The first kappa shape index (κ1) is 15.7. The number of allylic oxidation sites excluding steroid dienone is 1. The monoisotopic (exact) mass is 373 g/mol. The molecule has 126 valence electrons. The van der Waals surface area contributed by atoms with Crippen LogP contribution in [-0.4, -0.2) is 39.1 Å². The van der Waals surface area contributed by atoms with Crippen LogP contribution in [0.3, 0.4) is 0 Å². The van der Waals surface area contributed by atoms with Crippen molar-refractivity contribution in [1.82, 2.24) is 20.2 Å². The summed E-state index contributed by atoms with van der Waals surface area (Å²) in [6.07, 6.45) is 0. The number of tetrazole rings is 1. The highest BCUT2D eigenvalue weighted by Crippen LogP contribution is 2.37. The van der Waals surface area contributed by atoms with E-state index in [-0.39, 0.29) is 23.0 Å². The summed E-state index contributed by atoms with van der Waals surface area (Å²) in [6, 6.07) is 4.77. The predicted molar refractivity (Wildman–Crippen MR) is 91.6 cm³/mol. The maximum atomic E-state index is 13.2. The maximum absolute atomic E-state index is 13.2. The molecule has 0 saturated carbocycles. The van der Waals surface area contributed by atoms with Crippen LogP contribution in [0.15, 0.2) is 45.6 Å². The van der Waals surface area contributed by atoms with E-state index in [9.17, 15) is 9.59 Å². The zero-order valence-electron chi connectivity index (χ0n) is 12.9. The second kappa shape index (κ2) is 6.22. The lowest BCUT2D eigenvalue weighted by atomic mass is 9.93. The van der Waals surface area contributed by atoms with E-state index in [2.05, 4.69) is 20.8 Å². The summed E-state index contributed by atoms with van der Waals surface area (Å²) in [7, 11) is 1.27. The molecule has 0 radical (unpaired) electrons. The summed E-state index contributed by atoms with van der Waals surface area (Å²) in [6.45, 7) is 0. The van der Waals surface area contributed by atoms with Gasteiger partial charge in [0.25, 0.3) is 0 Å². The minimum Gasteiger partial charge on any atom is -0.464 e. The van der Waals surface area contributed by atoms with E-state index in [0.717, 1.165) is 5.56 Å². The number of ketones is 1. The fourth-order valence-electron chi connectivity index (χ4n) is 2.67. The first-order chi connectivity index (χ1) is 12.2. The zero-order valence-corrected chi connectivity index (χ0v) is 14.5. The van der Waals surface area contributed by atoms with Gasteiger partial charge in [-0.25, -0.2) is 4.79 Å². The Kier molecular flexibility index (Phi) is 3.90. The lowest BCUT2D eigenvalue weighted by Gasteiger charge is -2.27. The van der Waals surface area contributed by atoms with Gasteiger partial charge in [0, 0.05) is 0 Å². The van der Waals surface area contributed by atoms with E-state index in [1.807, 2.05) is 22.2 Å². The van der Waals surface area contributed by atoms with E-state index >= 15 is 0 Å². The third-order valence-corrected chi connectivity index (χ3v) is 5.33. The fourth-order valence-corrected chi connectivity index (χ4v) is 4.02. The van der Waals surface area contributed by atoms with Crippen LogP contribution in [0.4, 0.5) is 5.95 Å². The van der Waals surface area contributed by atoms with E-state index in [1.54, 1.807) is 12.1 Å². The molecule has 4 rings (SSSR count). The molecule has 10 heteroatoms. The lowest BCUT2D eigenvalue weighted by molar-refractivity contribution is -0.136. The van der Waals surface area contributed by atoms with Crippen molar-refractivity contribution in [3.05, 3.63) is 56.1 Å². The van der Waals surface area contributed by atoms with Crippen LogP contribution in [0.1, 0.15) is 21.3 Å². The number of ether oxygens (including phenoxy) is 1. The van der Waals surface area contributed by atoms with Gasteiger partial charge >= 0.3 is 5.97 Å². The number of carbonyl (C=O) groups is 2. The molecular formula is C15H11N5O3S2. The van der Waals surface area contributed by atoms with Gasteiger partial charge in [0.2, 0.25) is 11.7 Å². The number of methoxy groups -OCH3 is 1. The van der Waals surface area contributed by atoms with Crippen LogP contribution < -0.4 is 5.32 Å². The highest BCUT2D eigenvalue weighted by atomic mass is 32.1. The second-order valence-electron chi connectivity index (χ2n) is 5.12. The van der Waals surface area contributed by atoms with Crippen molar-refractivity contribution in [3.63, 3.8) is 0 Å². The van der Waals surface area contributed by atoms with Crippen molar-refractivity contribution in [2.75, 3.05) is 12.4 Å². The quantitative estimate of drug-likeness (QED) is 0.552. The molecular weight excluding hydrogens is 362 g/mol. The standard InChI is InChI=1S/C15H11N5O3S2/c1-23-14(22)11-10(13(21)9-3-2-5-25-9)12(8-4-6-24-7-8)20-15(16-11)17-18-19-20/h2-7,12H,1H3,(H,16,17,19). The van der Waals surface area contributed by atoms with Crippen LogP contribution in [0.25, 0.3) is 0 Å². The number of aromatic nitrogens is 4. The van der Waals surface area contributed by atoms with Crippen LogP contribution in [0.2, 0.25) is 0 Å². The van der Waals surface area contributed by atoms with E-state index in [0.29, 0.717) is 4.88 Å². The third-order valence-electron chi connectivity index (χ3n) is 3.75. The number of rotatable bonds is 4. The van der Waals surface area contributed by atoms with Crippen molar-refractivity contribution in [2.45, 2.75) is 6.04 Å². The van der Waals surface area contributed by atoms with E-state index in [4.69, 9.17) is 4.74 Å². The lowest BCUT2D eigenvalue weighted by Crippen LogP contribution is -2.32. The molecule has 0 amide bonds. The Morgan fingerprint density at radius 3 is 2.88 bits per heavy atom. The van der Waals surface area contributed by atoms with Gasteiger partial charge in [0.15, 0.2) is 0 Å². The number of hydrogen-bond donors (Lipinski definition) is 1. The van der Waals surface area contributed by atoms with E-state index in [1.165, 1.54) is 34.5 Å². The van der Waals surface area contributed by atoms with Gasteiger partial charge in [-0.1, -0.05) is 11.2 Å². The Balaban J connectivity index is 1.95. The molecule has 8 nitrogen and oxygen atoms in total. The van der Waals surface area contributed by atoms with Gasteiger partial charge in [0.05, 0.1) is 17.6 Å². The molecule has 0 fully saturated rings. The van der Waals surface area contributed by atoms with Crippen molar-refractivity contribution in [1.29, 1.82) is 0 Å². The maximum Gasteiger partial charge on any atom is 0.355 e. The number of anilines is 1. The van der Waals surface area contributed by atoms with Crippen molar-refractivity contribution >= 4 is 40.4 Å². The summed E-state index contributed by atoms with van der Waals surface area (Å²) in [5.41, 5.74) is 1.13. The van der Waals surface area contributed by atoms with Gasteiger partial charge in [-0.3, -0.25) is 4.79 Å². The topological polar surface area (TPSA) is 99.0 Å². The molecule has 1 unspecified atom stereocenters. The Morgan fingerprint density at radius 2 is 2.20 bits per heavy atom. The molecule has 1 aliphatic rings. The highest BCUT2D eigenvalue weighted by Gasteiger charge is 2.38. The van der Waals surface area contributed by atoms with E-state index < -0.39 is 12.0 Å². The molecule has 3 aromatic heterocycles.